The standard InChI is InChI=1S/C34H26Cl2N4O3S2/c1-21(31(41)40-34-39-30(20-44-34)23-13-15-25(35)16-14-23)45-28-12-6-11-27(19-28)37-33(43)29(18-22-7-5-10-26(36)17-22)38-32(42)24-8-3-2-4-9-24/h2-21H,1H3,(H,37,43)(H,38,42)(H,39,40,41)/b29-18-. The van der Waals surface area contributed by atoms with Crippen LogP contribution in [0.3, 0.4) is 0 Å². The Balaban J connectivity index is 1.25. The number of aromatic nitrogens is 1. The van der Waals surface area contributed by atoms with E-state index in [4.69, 9.17) is 23.2 Å². The normalized spacial score (nSPS) is 11.8. The van der Waals surface area contributed by atoms with Crippen molar-refractivity contribution in [3.05, 3.63) is 135 Å². The highest BCUT2D eigenvalue weighted by atomic mass is 35.5. The first-order valence-electron chi connectivity index (χ1n) is 13.7. The van der Waals surface area contributed by atoms with Crippen molar-refractivity contribution in [3.8, 4) is 11.3 Å². The zero-order chi connectivity index (χ0) is 31.8. The Morgan fingerprint density at radius 2 is 1.60 bits per heavy atom. The van der Waals surface area contributed by atoms with Crippen LogP contribution < -0.4 is 16.0 Å². The van der Waals surface area contributed by atoms with E-state index in [2.05, 4.69) is 20.9 Å². The van der Waals surface area contributed by atoms with Crippen molar-refractivity contribution in [2.24, 2.45) is 0 Å². The van der Waals surface area contributed by atoms with Crippen LogP contribution in [0.15, 0.2) is 119 Å². The summed E-state index contributed by atoms with van der Waals surface area (Å²) in [5.41, 5.74) is 3.24. The Morgan fingerprint density at radius 1 is 0.844 bits per heavy atom. The van der Waals surface area contributed by atoms with Crippen molar-refractivity contribution < 1.29 is 14.4 Å². The predicted molar refractivity (Wildman–Crippen MR) is 185 cm³/mol. The summed E-state index contributed by atoms with van der Waals surface area (Å²) in [4.78, 5) is 44.6. The lowest BCUT2D eigenvalue weighted by Crippen LogP contribution is -2.30. The van der Waals surface area contributed by atoms with Gasteiger partial charge in [-0.05, 0) is 73.2 Å². The molecule has 45 heavy (non-hydrogen) atoms. The highest BCUT2D eigenvalue weighted by Crippen LogP contribution is 2.29. The van der Waals surface area contributed by atoms with Crippen LogP contribution in [-0.4, -0.2) is 28.0 Å². The second kappa shape index (κ2) is 15.0. The molecule has 5 rings (SSSR count). The van der Waals surface area contributed by atoms with E-state index in [0.29, 0.717) is 32.0 Å². The molecule has 4 aromatic carbocycles. The molecule has 0 saturated carbocycles. The van der Waals surface area contributed by atoms with Gasteiger partial charge in [-0.3, -0.25) is 14.4 Å². The molecule has 0 aliphatic carbocycles. The summed E-state index contributed by atoms with van der Waals surface area (Å²) >= 11 is 14.8. The second-order valence-electron chi connectivity index (χ2n) is 9.71. The number of benzene rings is 4. The third kappa shape index (κ3) is 9.06. The van der Waals surface area contributed by atoms with Gasteiger partial charge in [0.1, 0.15) is 5.70 Å². The van der Waals surface area contributed by atoms with Gasteiger partial charge in [0.2, 0.25) is 5.91 Å². The molecule has 0 fully saturated rings. The Labute approximate surface area is 278 Å². The molecule has 0 bridgehead atoms. The predicted octanol–water partition coefficient (Wildman–Crippen LogP) is 8.65. The van der Waals surface area contributed by atoms with Gasteiger partial charge >= 0.3 is 0 Å². The van der Waals surface area contributed by atoms with E-state index in [0.717, 1.165) is 16.2 Å². The topological polar surface area (TPSA) is 100 Å². The zero-order valence-corrected chi connectivity index (χ0v) is 26.9. The minimum absolute atomic E-state index is 0.0401. The molecule has 0 radical (unpaired) electrons. The Hall–Kier alpha value is -4.41. The molecule has 0 spiro atoms. The van der Waals surface area contributed by atoms with E-state index < -0.39 is 17.1 Å². The molecule has 226 valence electrons. The minimum Gasteiger partial charge on any atom is -0.321 e. The number of carbonyl (C=O) groups excluding carboxylic acids is 3. The van der Waals surface area contributed by atoms with Gasteiger partial charge in [-0.1, -0.05) is 71.7 Å². The lowest BCUT2D eigenvalue weighted by Gasteiger charge is -2.14. The first kappa shape index (κ1) is 32.0. The molecule has 5 aromatic rings. The number of hydrogen-bond donors (Lipinski definition) is 3. The summed E-state index contributed by atoms with van der Waals surface area (Å²) in [7, 11) is 0. The minimum atomic E-state index is -0.521. The van der Waals surface area contributed by atoms with Crippen molar-refractivity contribution >= 4 is 80.9 Å². The van der Waals surface area contributed by atoms with Crippen LogP contribution >= 0.6 is 46.3 Å². The summed E-state index contributed by atoms with van der Waals surface area (Å²) in [6, 6.07) is 30.0. The maximum absolute atomic E-state index is 13.4. The highest BCUT2D eigenvalue weighted by molar-refractivity contribution is 8.00. The van der Waals surface area contributed by atoms with E-state index in [1.54, 1.807) is 97.9 Å². The molecule has 3 N–H and O–H groups in total. The van der Waals surface area contributed by atoms with Crippen molar-refractivity contribution in [1.82, 2.24) is 10.3 Å². The number of nitrogens with zero attached hydrogens (tertiary/aromatic N) is 1. The number of hydrogen-bond acceptors (Lipinski definition) is 6. The zero-order valence-electron chi connectivity index (χ0n) is 23.8. The summed E-state index contributed by atoms with van der Waals surface area (Å²) in [5.74, 6) is -1.15. The van der Waals surface area contributed by atoms with Gasteiger partial charge in [0.25, 0.3) is 11.8 Å². The summed E-state index contributed by atoms with van der Waals surface area (Å²) in [6.45, 7) is 1.80. The van der Waals surface area contributed by atoms with E-state index in [1.807, 2.05) is 23.6 Å². The van der Waals surface area contributed by atoms with E-state index in [-0.39, 0.29) is 11.6 Å². The number of thioether (sulfide) groups is 1. The molecular formula is C34H26Cl2N4O3S2. The maximum atomic E-state index is 13.4. The monoisotopic (exact) mass is 672 g/mol. The smallest absolute Gasteiger partial charge is 0.272 e. The number of carbonyl (C=O) groups is 3. The van der Waals surface area contributed by atoms with Gasteiger partial charge in [0.05, 0.1) is 10.9 Å². The van der Waals surface area contributed by atoms with Gasteiger partial charge in [-0.25, -0.2) is 4.98 Å². The highest BCUT2D eigenvalue weighted by Gasteiger charge is 2.18. The molecule has 1 unspecified atom stereocenters. The van der Waals surface area contributed by atoms with Crippen LogP contribution in [0.1, 0.15) is 22.8 Å². The van der Waals surface area contributed by atoms with E-state index >= 15 is 0 Å². The van der Waals surface area contributed by atoms with Crippen LogP contribution in [0, 0.1) is 0 Å². The number of rotatable bonds is 10. The molecule has 0 aliphatic heterocycles. The number of nitrogens with one attached hydrogen (secondary N) is 3. The average Bonchev–Trinajstić information content (AvgIpc) is 3.50. The molecule has 1 aromatic heterocycles. The largest absolute Gasteiger partial charge is 0.321 e. The van der Waals surface area contributed by atoms with Crippen molar-refractivity contribution in [1.29, 1.82) is 0 Å². The van der Waals surface area contributed by atoms with Crippen molar-refractivity contribution in [3.63, 3.8) is 0 Å². The molecule has 0 saturated heterocycles. The summed E-state index contributed by atoms with van der Waals surface area (Å²) in [6.07, 6.45) is 1.56. The lowest BCUT2D eigenvalue weighted by molar-refractivity contribution is -0.115. The van der Waals surface area contributed by atoms with Crippen LogP contribution in [0.25, 0.3) is 17.3 Å². The fraction of sp³-hybridized carbons (Fsp3) is 0.0588. The second-order valence-corrected chi connectivity index (χ2v) is 12.9. The molecular weight excluding hydrogens is 647 g/mol. The molecule has 1 heterocycles. The van der Waals surface area contributed by atoms with Gasteiger partial charge in [-0.15, -0.1) is 23.1 Å². The van der Waals surface area contributed by atoms with Gasteiger partial charge in [-0.2, -0.15) is 0 Å². The van der Waals surface area contributed by atoms with Gasteiger partial charge < -0.3 is 16.0 Å². The average molecular weight is 674 g/mol. The summed E-state index contributed by atoms with van der Waals surface area (Å²) < 4.78 is 0. The number of amides is 3. The van der Waals surface area contributed by atoms with Crippen LogP contribution in [0.5, 0.6) is 0 Å². The molecule has 1 atom stereocenters. The first-order valence-corrected chi connectivity index (χ1v) is 16.2. The van der Waals surface area contributed by atoms with Crippen LogP contribution in [0.2, 0.25) is 10.0 Å². The number of anilines is 2. The first-order chi connectivity index (χ1) is 21.7. The molecule has 0 aliphatic rings. The Bertz CT molecular complexity index is 1860. The van der Waals surface area contributed by atoms with Crippen molar-refractivity contribution in [2.45, 2.75) is 17.1 Å². The molecule has 7 nitrogen and oxygen atoms in total. The third-order valence-electron chi connectivity index (χ3n) is 6.34. The fourth-order valence-corrected chi connectivity index (χ4v) is 6.07. The van der Waals surface area contributed by atoms with E-state index in [1.165, 1.54) is 23.1 Å². The van der Waals surface area contributed by atoms with Crippen molar-refractivity contribution in [2.75, 3.05) is 10.6 Å². The Kier molecular flexibility index (Phi) is 10.7. The third-order valence-corrected chi connectivity index (χ3v) is 8.68. The maximum Gasteiger partial charge on any atom is 0.272 e. The summed E-state index contributed by atoms with van der Waals surface area (Å²) in [5, 5.41) is 11.5. The fourth-order valence-electron chi connectivity index (χ4n) is 4.10. The SMILES string of the molecule is CC(Sc1cccc(NC(=O)/C(=C/c2cccc(Cl)c2)NC(=O)c2ccccc2)c1)C(=O)Nc1nc(-c2ccc(Cl)cc2)cs1. The lowest BCUT2D eigenvalue weighted by atomic mass is 10.1. The van der Waals surface area contributed by atoms with Gasteiger partial charge in [0.15, 0.2) is 5.13 Å². The van der Waals surface area contributed by atoms with Crippen LogP contribution in [-0.2, 0) is 9.59 Å². The Morgan fingerprint density at radius 3 is 2.36 bits per heavy atom. The van der Waals surface area contributed by atoms with Crippen LogP contribution in [0.4, 0.5) is 10.8 Å². The quantitative estimate of drug-likeness (QED) is 0.102. The van der Waals surface area contributed by atoms with E-state index in [9.17, 15) is 14.4 Å². The number of thiazole rings is 1. The number of halogens is 2. The molecule has 3 amide bonds. The molecule has 11 heteroatoms. The van der Waals surface area contributed by atoms with Gasteiger partial charge in [0, 0.05) is 37.1 Å².